The van der Waals surface area contributed by atoms with Crippen LogP contribution in [0.5, 0.6) is 5.75 Å². The summed E-state index contributed by atoms with van der Waals surface area (Å²) in [6.07, 6.45) is 3.06. The second-order valence-corrected chi connectivity index (χ2v) is 4.52. The van der Waals surface area contributed by atoms with Gasteiger partial charge in [-0.3, -0.25) is 4.79 Å². The smallest absolute Gasteiger partial charge is 0.309 e. The van der Waals surface area contributed by atoms with Crippen LogP contribution >= 0.6 is 0 Å². The molecular weight excluding hydrogens is 216 g/mol. The monoisotopic (exact) mass is 234 g/mol. The molecule has 0 saturated heterocycles. The van der Waals surface area contributed by atoms with Crippen molar-refractivity contribution >= 4 is 5.97 Å². The molecule has 1 fully saturated rings. The summed E-state index contributed by atoms with van der Waals surface area (Å²) >= 11 is 0. The van der Waals surface area contributed by atoms with Gasteiger partial charge in [-0.15, -0.1) is 0 Å². The van der Waals surface area contributed by atoms with Crippen LogP contribution in [0.25, 0.3) is 0 Å². The summed E-state index contributed by atoms with van der Waals surface area (Å²) in [6, 6.07) is 7.88. The Hall–Kier alpha value is -1.51. The highest BCUT2D eigenvalue weighted by atomic mass is 16.5. The van der Waals surface area contributed by atoms with Gasteiger partial charge in [0.05, 0.1) is 20.1 Å². The summed E-state index contributed by atoms with van der Waals surface area (Å²) in [4.78, 5) is 11.7. The van der Waals surface area contributed by atoms with E-state index >= 15 is 0 Å². The Labute approximate surface area is 102 Å². The van der Waals surface area contributed by atoms with Crippen LogP contribution in [0.15, 0.2) is 24.3 Å². The van der Waals surface area contributed by atoms with Gasteiger partial charge in [-0.1, -0.05) is 12.1 Å². The average Bonchev–Trinajstić information content (AvgIpc) is 3.20. The normalized spacial score (nSPS) is 16.4. The van der Waals surface area contributed by atoms with Gasteiger partial charge in [0.25, 0.3) is 0 Å². The maximum atomic E-state index is 11.7. The van der Waals surface area contributed by atoms with Gasteiger partial charge in [0.2, 0.25) is 0 Å². The zero-order valence-electron chi connectivity index (χ0n) is 10.3. The minimum atomic E-state index is -0.0803. The van der Waals surface area contributed by atoms with Gasteiger partial charge in [0, 0.05) is 0 Å². The first-order valence-electron chi connectivity index (χ1n) is 5.95. The van der Waals surface area contributed by atoms with E-state index in [0.29, 0.717) is 5.92 Å². The van der Waals surface area contributed by atoms with E-state index in [1.54, 1.807) is 7.11 Å². The molecule has 1 unspecified atom stereocenters. The third kappa shape index (κ3) is 2.99. The summed E-state index contributed by atoms with van der Waals surface area (Å²) in [7, 11) is 3.11. The zero-order valence-corrected chi connectivity index (χ0v) is 10.3. The fraction of sp³-hybridized carbons (Fsp3) is 0.500. The van der Waals surface area contributed by atoms with E-state index in [1.807, 2.05) is 24.3 Å². The quantitative estimate of drug-likeness (QED) is 0.734. The minimum Gasteiger partial charge on any atom is -0.497 e. The second-order valence-electron chi connectivity index (χ2n) is 4.52. The molecule has 0 aliphatic heterocycles. The lowest BCUT2D eigenvalue weighted by molar-refractivity contribution is -0.146. The predicted octanol–water partition coefficient (Wildman–Crippen LogP) is 2.44. The van der Waals surface area contributed by atoms with Gasteiger partial charge < -0.3 is 9.47 Å². The molecule has 1 saturated carbocycles. The van der Waals surface area contributed by atoms with E-state index in [-0.39, 0.29) is 11.9 Å². The molecule has 1 aromatic carbocycles. The molecule has 92 valence electrons. The van der Waals surface area contributed by atoms with Gasteiger partial charge in [-0.25, -0.2) is 0 Å². The van der Waals surface area contributed by atoms with Crippen LogP contribution in [-0.2, 0) is 16.0 Å². The Bertz CT molecular complexity index is 379. The Morgan fingerprint density at radius 1 is 1.29 bits per heavy atom. The van der Waals surface area contributed by atoms with Crippen molar-refractivity contribution in [2.45, 2.75) is 19.3 Å². The highest BCUT2D eigenvalue weighted by molar-refractivity contribution is 5.73. The largest absolute Gasteiger partial charge is 0.497 e. The number of hydrogen-bond donors (Lipinski definition) is 0. The topological polar surface area (TPSA) is 35.5 Å². The number of carbonyl (C=O) groups excluding carboxylic acids is 1. The minimum absolute atomic E-state index is 0.0217. The van der Waals surface area contributed by atoms with Gasteiger partial charge in [-0.2, -0.15) is 0 Å². The van der Waals surface area contributed by atoms with Gasteiger partial charge in [0.15, 0.2) is 0 Å². The Balaban J connectivity index is 2.03. The van der Waals surface area contributed by atoms with E-state index in [2.05, 4.69) is 0 Å². The van der Waals surface area contributed by atoms with E-state index in [1.165, 1.54) is 7.11 Å². The average molecular weight is 234 g/mol. The Morgan fingerprint density at radius 2 is 1.94 bits per heavy atom. The maximum Gasteiger partial charge on any atom is 0.309 e. The third-order valence-electron chi connectivity index (χ3n) is 3.31. The van der Waals surface area contributed by atoms with Gasteiger partial charge >= 0.3 is 5.97 Å². The predicted molar refractivity (Wildman–Crippen MR) is 64.9 cm³/mol. The molecule has 1 aliphatic rings. The highest BCUT2D eigenvalue weighted by Crippen LogP contribution is 2.39. The lowest BCUT2D eigenvalue weighted by Crippen LogP contribution is -2.20. The summed E-state index contributed by atoms with van der Waals surface area (Å²) in [5.41, 5.74) is 1.16. The molecule has 1 atom stereocenters. The van der Waals surface area contributed by atoms with Crippen LogP contribution in [0.4, 0.5) is 0 Å². The Kier molecular flexibility index (Phi) is 3.67. The molecule has 0 N–H and O–H groups in total. The molecule has 17 heavy (non-hydrogen) atoms. The lowest BCUT2D eigenvalue weighted by atomic mass is 9.95. The van der Waals surface area contributed by atoms with Gasteiger partial charge in [0.1, 0.15) is 5.75 Å². The van der Waals surface area contributed by atoms with E-state index < -0.39 is 0 Å². The van der Waals surface area contributed by atoms with Crippen LogP contribution in [0.1, 0.15) is 18.4 Å². The van der Waals surface area contributed by atoms with Crippen molar-refractivity contribution in [1.82, 2.24) is 0 Å². The summed E-state index contributed by atoms with van der Waals surface area (Å²) < 4.78 is 9.98. The molecule has 0 amide bonds. The first-order chi connectivity index (χ1) is 8.24. The number of esters is 1. The number of methoxy groups -OCH3 is 2. The number of benzene rings is 1. The second kappa shape index (κ2) is 5.21. The fourth-order valence-electron chi connectivity index (χ4n) is 2.11. The first kappa shape index (κ1) is 12.0. The first-order valence-corrected chi connectivity index (χ1v) is 5.95. The van der Waals surface area contributed by atoms with Crippen molar-refractivity contribution in [3.8, 4) is 5.75 Å². The molecular formula is C14H18O3. The molecule has 0 heterocycles. The summed E-state index contributed by atoms with van der Waals surface area (Å²) in [6.45, 7) is 0. The summed E-state index contributed by atoms with van der Waals surface area (Å²) in [5, 5.41) is 0. The number of carbonyl (C=O) groups is 1. The molecule has 0 bridgehead atoms. The molecule has 1 aliphatic carbocycles. The van der Waals surface area contributed by atoms with Crippen molar-refractivity contribution in [3.63, 3.8) is 0 Å². The van der Waals surface area contributed by atoms with E-state index in [0.717, 1.165) is 30.6 Å². The van der Waals surface area contributed by atoms with Crippen molar-refractivity contribution in [1.29, 1.82) is 0 Å². The highest BCUT2D eigenvalue weighted by Gasteiger charge is 2.36. The van der Waals surface area contributed by atoms with Crippen LogP contribution in [0.2, 0.25) is 0 Å². The van der Waals surface area contributed by atoms with Crippen LogP contribution in [0, 0.1) is 11.8 Å². The molecule has 1 aromatic rings. The molecule has 2 rings (SSSR count). The molecule has 0 spiro atoms. The number of ether oxygens (including phenoxy) is 2. The third-order valence-corrected chi connectivity index (χ3v) is 3.31. The van der Waals surface area contributed by atoms with Crippen molar-refractivity contribution in [2.24, 2.45) is 11.8 Å². The van der Waals surface area contributed by atoms with Crippen molar-refractivity contribution < 1.29 is 14.3 Å². The molecule has 0 radical (unpaired) electrons. The number of rotatable bonds is 5. The molecule has 3 nitrogen and oxygen atoms in total. The summed E-state index contributed by atoms with van der Waals surface area (Å²) in [5.74, 6) is 1.30. The van der Waals surface area contributed by atoms with Crippen LogP contribution in [-0.4, -0.2) is 20.2 Å². The molecule has 0 aromatic heterocycles. The number of hydrogen-bond acceptors (Lipinski definition) is 3. The zero-order chi connectivity index (χ0) is 12.3. The van der Waals surface area contributed by atoms with Crippen molar-refractivity contribution in [2.75, 3.05) is 14.2 Å². The maximum absolute atomic E-state index is 11.7. The SMILES string of the molecule is COC(=O)C(Cc1ccc(OC)cc1)C1CC1. The van der Waals surface area contributed by atoms with Gasteiger partial charge in [-0.05, 0) is 42.9 Å². The van der Waals surface area contributed by atoms with E-state index in [9.17, 15) is 4.79 Å². The lowest BCUT2D eigenvalue weighted by Gasteiger charge is -2.13. The van der Waals surface area contributed by atoms with Crippen molar-refractivity contribution in [3.05, 3.63) is 29.8 Å². The van der Waals surface area contributed by atoms with E-state index in [4.69, 9.17) is 9.47 Å². The molecule has 3 heteroatoms. The Morgan fingerprint density at radius 3 is 2.41 bits per heavy atom. The standard InChI is InChI=1S/C14H18O3/c1-16-12-7-3-10(4-8-12)9-13(11-5-6-11)14(15)17-2/h3-4,7-8,11,13H,5-6,9H2,1-2H3. The fourth-order valence-corrected chi connectivity index (χ4v) is 2.11. The van der Waals surface area contributed by atoms with Crippen LogP contribution < -0.4 is 4.74 Å². The van der Waals surface area contributed by atoms with Crippen LogP contribution in [0.3, 0.4) is 0 Å².